The van der Waals surface area contributed by atoms with E-state index < -0.39 is 0 Å². The third-order valence-corrected chi connectivity index (χ3v) is 2.70. The Morgan fingerprint density at radius 3 is 3.12 bits per heavy atom. The van der Waals surface area contributed by atoms with Crippen LogP contribution in [-0.2, 0) is 11.2 Å². The number of rotatable bonds is 4. The molecule has 86 valence electrons. The Hall–Kier alpha value is -1.65. The minimum absolute atomic E-state index is 0.142. The van der Waals surface area contributed by atoms with Gasteiger partial charge in [0, 0.05) is 30.8 Å². The van der Waals surface area contributed by atoms with Crippen LogP contribution in [0.4, 0.5) is 5.82 Å². The molecular formula is C11H16N4O. The van der Waals surface area contributed by atoms with Gasteiger partial charge in [-0.15, -0.1) is 0 Å². The van der Waals surface area contributed by atoms with Crippen molar-refractivity contribution in [2.75, 3.05) is 11.9 Å². The smallest absolute Gasteiger partial charge is 0.220 e. The second-order valence-electron chi connectivity index (χ2n) is 3.93. The topological polar surface area (TPSA) is 66.9 Å². The van der Waals surface area contributed by atoms with Gasteiger partial charge in [0.05, 0.1) is 0 Å². The summed E-state index contributed by atoms with van der Waals surface area (Å²) in [5, 5.41) is 6.12. The first kappa shape index (κ1) is 10.9. The number of amides is 1. The van der Waals surface area contributed by atoms with Crippen LogP contribution in [0.25, 0.3) is 0 Å². The average molecular weight is 220 g/mol. The number of carbonyl (C=O) groups is 1. The monoisotopic (exact) mass is 220 g/mol. The lowest BCUT2D eigenvalue weighted by Gasteiger charge is -2.11. The molecule has 1 atom stereocenters. The predicted octanol–water partition coefficient (Wildman–Crippen LogP) is 0.729. The number of aromatic nitrogens is 2. The van der Waals surface area contributed by atoms with Crippen molar-refractivity contribution in [2.24, 2.45) is 0 Å². The van der Waals surface area contributed by atoms with E-state index in [-0.39, 0.29) is 11.9 Å². The van der Waals surface area contributed by atoms with Gasteiger partial charge in [0.15, 0.2) is 0 Å². The molecule has 0 spiro atoms. The molecule has 1 aliphatic rings. The van der Waals surface area contributed by atoms with Gasteiger partial charge < -0.3 is 10.6 Å². The Labute approximate surface area is 94.7 Å². The highest BCUT2D eigenvalue weighted by Crippen LogP contribution is 2.09. The van der Waals surface area contributed by atoms with Gasteiger partial charge in [0.1, 0.15) is 12.1 Å². The predicted molar refractivity (Wildman–Crippen MR) is 61.1 cm³/mol. The molecule has 0 bridgehead atoms. The largest absolute Gasteiger partial charge is 0.368 e. The third kappa shape index (κ3) is 2.68. The molecule has 1 aliphatic heterocycles. The van der Waals surface area contributed by atoms with Crippen molar-refractivity contribution in [1.29, 1.82) is 0 Å². The lowest BCUT2D eigenvalue weighted by Crippen LogP contribution is -2.32. The number of hydrogen-bond donors (Lipinski definition) is 2. The summed E-state index contributed by atoms with van der Waals surface area (Å²) in [5.41, 5.74) is 1.02. The second-order valence-corrected chi connectivity index (χ2v) is 3.93. The Morgan fingerprint density at radius 2 is 2.44 bits per heavy atom. The highest BCUT2D eigenvalue weighted by molar-refractivity contribution is 5.78. The molecule has 2 heterocycles. The fourth-order valence-electron chi connectivity index (χ4n) is 1.75. The molecule has 0 radical (unpaired) electrons. The highest BCUT2D eigenvalue weighted by atomic mass is 16.1. The van der Waals surface area contributed by atoms with Crippen molar-refractivity contribution >= 4 is 11.7 Å². The van der Waals surface area contributed by atoms with Crippen LogP contribution in [-0.4, -0.2) is 28.5 Å². The van der Waals surface area contributed by atoms with Crippen molar-refractivity contribution < 1.29 is 4.79 Å². The average Bonchev–Trinajstić information content (AvgIpc) is 2.73. The fraction of sp³-hybridized carbons (Fsp3) is 0.545. The molecule has 16 heavy (non-hydrogen) atoms. The minimum atomic E-state index is 0.142. The molecule has 0 aromatic carbocycles. The standard InChI is InChI=1S/C11H16N4O/c1-2-8-5-10(14-7-13-8)12-6-9-3-4-11(16)15-9/h5,7,9H,2-4,6H2,1H3,(H,15,16)(H,12,13,14). The van der Waals surface area contributed by atoms with E-state index in [0.29, 0.717) is 6.42 Å². The Morgan fingerprint density at radius 1 is 1.56 bits per heavy atom. The molecule has 2 rings (SSSR count). The van der Waals surface area contributed by atoms with Gasteiger partial charge >= 0.3 is 0 Å². The molecule has 1 amide bonds. The van der Waals surface area contributed by atoms with Crippen LogP contribution in [0, 0.1) is 0 Å². The van der Waals surface area contributed by atoms with E-state index in [9.17, 15) is 4.79 Å². The van der Waals surface area contributed by atoms with E-state index in [1.807, 2.05) is 6.07 Å². The van der Waals surface area contributed by atoms with E-state index in [2.05, 4.69) is 27.5 Å². The molecule has 2 N–H and O–H groups in total. The van der Waals surface area contributed by atoms with Crippen LogP contribution >= 0.6 is 0 Å². The summed E-state index contributed by atoms with van der Waals surface area (Å²) in [6.07, 6.45) is 4.00. The molecule has 5 nitrogen and oxygen atoms in total. The summed E-state index contributed by atoms with van der Waals surface area (Å²) in [6.45, 7) is 2.79. The van der Waals surface area contributed by atoms with Crippen LogP contribution in [0.3, 0.4) is 0 Å². The molecule has 0 saturated carbocycles. The molecule has 1 saturated heterocycles. The summed E-state index contributed by atoms with van der Waals surface area (Å²) in [5.74, 6) is 0.969. The van der Waals surface area contributed by atoms with Gasteiger partial charge in [-0.2, -0.15) is 0 Å². The Kier molecular flexibility index (Phi) is 3.34. The van der Waals surface area contributed by atoms with E-state index in [0.717, 1.165) is 30.9 Å². The van der Waals surface area contributed by atoms with Crippen LogP contribution in [0.2, 0.25) is 0 Å². The lowest BCUT2D eigenvalue weighted by atomic mass is 10.2. The van der Waals surface area contributed by atoms with Gasteiger partial charge in [-0.25, -0.2) is 9.97 Å². The first-order valence-electron chi connectivity index (χ1n) is 5.62. The highest BCUT2D eigenvalue weighted by Gasteiger charge is 2.20. The van der Waals surface area contributed by atoms with E-state index in [1.54, 1.807) is 6.33 Å². The zero-order chi connectivity index (χ0) is 11.4. The number of carbonyl (C=O) groups excluding carboxylic acids is 1. The zero-order valence-corrected chi connectivity index (χ0v) is 9.36. The van der Waals surface area contributed by atoms with E-state index >= 15 is 0 Å². The number of nitrogens with one attached hydrogen (secondary N) is 2. The molecule has 1 aromatic rings. The van der Waals surface area contributed by atoms with Crippen LogP contribution in [0.1, 0.15) is 25.5 Å². The fourth-order valence-corrected chi connectivity index (χ4v) is 1.75. The molecular weight excluding hydrogens is 204 g/mol. The molecule has 0 aliphatic carbocycles. The summed E-state index contributed by atoms with van der Waals surface area (Å²) >= 11 is 0. The summed E-state index contributed by atoms with van der Waals surface area (Å²) in [4.78, 5) is 19.3. The van der Waals surface area contributed by atoms with Crippen molar-refractivity contribution in [3.05, 3.63) is 18.1 Å². The van der Waals surface area contributed by atoms with E-state index in [1.165, 1.54) is 0 Å². The second kappa shape index (κ2) is 4.92. The minimum Gasteiger partial charge on any atom is -0.368 e. The number of aryl methyl sites for hydroxylation is 1. The van der Waals surface area contributed by atoms with Gasteiger partial charge in [0.25, 0.3) is 0 Å². The maximum Gasteiger partial charge on any atom is 0.220 e. The summed E-state index contributed by atoms with van der Waals surface area (Å²) in [7, 11) is 0. The van der Waals surface area contributed by atoms with Crippen LogP contribution in [0.15, 0.2) is 12.4 Å². The molecule has 5 heteroatoms. The van der Waals surface area contributed by atoms with Gasteiger partial charge in [-0.1, -0.05) is 6.92 Å². The zero-order valence-electron chi connectivity index (χ0n) is 9.36. The number of nitrogens with zero attached hydrogens (tertiary/aromatic N) is 2. The first-order valence-corrected chi connectivity index (χ1v) is 5.62. The SMILES string of the molecule is CCc1cc(NCC2CCC(=O)N2)ncn1. The molecule has 1 unspecified atom stereocenters. The van der Waals surface area contributed by atoms with Crippen molar-refractivity contribution in [3.8, 4) is 0 Å². The van der Waals surface area contributed by atoms with Crippen LogP contribution < -0.4 is 10.6 Å². The summed E-state index contributed by atoms with van der Waals surface area (Å²) < 4.78 is 0. The van der Waals surface area contributed by atoms with Crippen LogP contribution in [0.5, 0.6) is 0 Å². The number of anilines is 1. The summed E-state index contributed by atoms with van der Waals surface area (Å²) in [6, 6.07) is 2.17. The number of hydrogen-bond acceptors (Lipinski definition) is 4. The Bertz CT molecular complexity index is 380. The van der Waals surface area contributed by atoms with Gasteiger partial charge in [0.2, 0.25) is 5.91 Å². The quantitative estimate of drug-likeness (QED) is 0.785. The van der Waals surface area contributed by atoms with Crippen molar-refractivity contribution in [2.45, 2.75) is 32.2 Å². The third-order valence-electron chi connectivity index (χ3n) is 2.70. The maximum atomic E-state index is 11.0. The van der Waals surface area contributed by atoms with Crippen molar-refractivity contribution in [1.82, 2.24) is 15.3 Å². The normalized spacial score (nSPS) is 19.6. The molecule has 1 aromatic heterocycles. The Balaban J connectivity index is 1.87. The van der Waals surface area contributed by atoms with E-state index in [4.69, 9.17) is 0 Å². The maximum absolute atomic E-state index is 11.0. The van der Waals surface area contributed by atoms with Crippen molar-refractivity contribution in [3.63, 3.8) is 0 Å². The molecule has 1 fully saturated rings. The lowest BCUT2D eigenvalue weighted by molar-refractivity contribution is -0.119. The van der Waals surface area contributed by atoms with Gasteiger partial charge in [-0.05, 0) is 12.8 Å². The van der Waals surface area contributed by atoms with Gasteiger partial charge in [-0.3, -0.25) is 4.79 Å². The first-order chi connectivity index (χ1) is 7.78.